The summed E-state index contributed by atoms with van der Waals surface area (Å²) in [5.74, 6) is 1.81. The van der Waals surface area contributed by atoms with Crippen LogP contribution in [-0.2, 0) is 11.3 Å². The van der Waals surface area contributed by atoms with Crippen molar-refractivity contribution >= 4 is 29.4 Å². The van der Waals surface area contributed by atoms with E-state index in [4.69, 9.17) is 0 Å². The molecule has 2 aliphatic heterocycles. The number of carbonyl (C=O) groups excluding carboxylic acids is 2. The van der Waals surface area contributed by atoms with Crippen molar-refractivity contribution in [3.05, 3.63) is 29.8 Å². The molecule has 1 aromatic carbocycles. The van der Waals surface area contributed by atoms with E-state index in [2.05, 4.69) is 5.32 Å². The van der Waals surface area contributed by atoms with E-state index in [-0.39, 0.29) is 11.9 Å². The van der Waals surface area contributed by atoms with Gasteiger partial charge in [-0.1, -0.05) is 18.2 Å². The quantitative estimate of drug-likeness (QED) is 0.797. The molecule has 3 rings (SSSR count). The number of nitrogens with one attached hydrogen (secondary N) is 1. The lowest BCUT2D eigenvalue weighted by Crippen LogP contribution is -2.51. The number of urea groups is 1. The van der Waals surface area contributed by atoms with Crippen LogP contribution in [0.1, 0.15) is 12.5 Å². The Balaban J connectivity index is 1.86. The van der Waals surface area contributed by atoms with Gasteiger partial charge in [0, 0.05) is 30.3 Å². The van der Waals surface area contributed by atoms with Crippen LogP contribution in [0.2, 0.25) is 0 Å². The van der Waals surface area contributed by atoms with E-state index in [9.17, 15) is 9.59 Å². The van der Waals surface area contributed by atoms with Gasteiger partial charge in [0.25, 0.3) is 0 Å². The van der Waals surface area contributed by atoms with E-state index in [0.29, 0.717) is 6.54 Å². The van der Waals surface area contributed by atoms with Gasteiger partial charge < -0.3 is 15.1 Å². The van der Waals surface area contributed by atoms with Crippen LogP contribution in [0, 0.1) is 0 Å². The molecule has 0 aromatic heterocycles. The first-order valence-corrected chi connectivity index (χ1v) is 8.34. The standard InChI is InChI=1S/C15H19N3O2S/c1-11-14(19)16-13-5-3-2-4-12(13)10-18(11)15(20)17-6-8-21-9-7-17/h2-5,11H,6-10H2,1H3,(H,16,19). The zero-order valence-electron chi connectivity index (χ0n) is 12.0. The highest BCUT2D eigenvalue weighted by atomic mass is 32.2. The summed E-state index contributed by atoms with van der Waals surface area (Å²) in [7, 11) is 0. The van der Waals surface area contributed by atoms with Crippen molar-refractivity contribution in [2.45, 2.75) is 19.5 Å². The summed E-state index contributed by atoms with van der Waals surface area (Å²) in [6, 6.07) is 7.17. The first-order chi connectivity index (χ1) is 10.2. The summed E-state index contributed by atoms with van der Waals surface area (Å²) in [5.41, 5.74) is 1.79. The lowest BCUT2D eigenvalue weighted by atomic mass is 10.1. The van der Waals surface area contributed by atoms with Gasteiger partial charge in [-0.15, -0.1) is 0 Å². The molecule has 1 N–H and O–H groups in total. The van der Waals surface area contributed by atoms with Crippen LogP contribution < -0.4 is 5.32 Å². The van der Waals surface area contributed by atoms with E-state index < -0.39 is 6.04 Å². The van der Waals surface area contributed by atoms with E-state index in [1.54, 1.807) is 11.8 Å². The Morgan fingerprint density at radius 1 is 1.29 bits per heavy atom. The Labute approximate surface area is 128 Å². The van der Waals surface area contributed by atoms with Gasteiger partial charge in [0.1, 0.15) is 6.04 Å². The van der Waals surface area contributed by atoms with Gasteiger partial charge in [0.05, 0.1) is 6.54 Å². The minimum atomic E-state index is -0.459. The fourth-order valence-electron chi connectivity index (χ4n) is 2.65. The van der Waals surface area contributed by atoms with Crippen molar-refractivity contribution in [1.82, 2.24) is 9.80 Å². The van der Waals surface area contributed by atoms with Crippen LogP contribution in [0.15, 0.2) is 24.3 Å². The molecule has 112 valence electrons. The van der Waals surface area contributed by atoms with Crippen molar-refractivity contribution in [1.29, 1.82) is 0 Å². The van der Waals surface area contributed by atoms with E-state index in [0.717, 1.165) is 35.8 Å². The molecule has 2 aliphatic rings. The third kappa shape index (κ3) is 2.85. The Hall–Kier alpha value is -1.69. The first kappa shape index (κ1) is 14.3. The largest absolute Gasteiger partial charge is 0.324 e. The molecule has 0 spiro atoms. The maximum Gasteiger partial charge on any atom is 0.321 e. The predicted molar refractivity (Wildman–Crippen MR) is 84.4 cm³/mol. The number of thioether (sulfide) groups is 1. The summed E-state index contributed by atoms with van der Waals surface area (Å²) >= 11 is 1.87. The zero-order chi connectivity index (χ0) is 14.8. The fraction of sp³-hybridized carbons (Fsp3) is 0.467. The average molecular weight is 305 g/mol. The maximum atomic E-state index is 12.7. The zero-order valence-corrected chi connectivity index (χ0v) is 12.9. The van der Waals surface area contributed by atoms with Gasteiger partial charge >= 0.3 is 6.03 Å². The first-order valence-electron chi connectivity index (χ1n) is 7.19. The van der Waals surface area contributed by atoms with Gasteiger partial charge in [0.15, 0.2) is 0 Å². The van der Waals surface area contributed by atoms with Gasteiger partial charge in [-0.25, -0.2) is 4.79 Å². The minimum absolute atomic E-state index is 0.0327. The summed E-state index contributed by atoms with van der Waals surface area (Å²) in [6.45, 7) is 3.78. The third-order valence-electron chi connectivity index (χ3n) is 3.99. The average Bonchev–Trinajstić information content (AvgIpc) is 2.65. The molecule has 3 amide bonds. The monoisotopic (exact) mass is 305 g/mol. The second-order valence-corrected chi connectivity index (χ2v) is 6.56. The predicted octanol–water partition coefficient (Wildman–Crippen LogP) is 2.00. The SMILES string of the molecule is CC1C(=O)Nc2ccccc2CN1C(=O)N1CCSCC1. The number of hydrogen-bond donors (Lipinski definition) is 1. The molecule has 1 saturated heterocycles. The molecule has 0 bridgehead atoms. The summed E-state index contributed by atoms with van der Waals surface area (Å²) in [5, 5.41) is 2.90. The fourth-order valence-corrected chi connectivity index (χ4v) is 3.55. The highest BCUT2D eigenvalue weighted by Crippen LogP contribution is 2.24. The Bertz CT molecular complexity index is 558. The maximum absolute atomic E-state index is 12.7. The molecule has 1 unspecified atom stereocenters. The number of nitrogens with zero attached hydrogens (tertiary/aromatic N) is 2. The molecule has 5 nitrogen and oxygen atoms in total. The molecule has 21 heavy (non-hydrogen) atoms. The highest BCUT2D eigenvalue weighted by Gasteiger charge is 2.33. The third-order valence-corrected chi connectivity index (χ3v) is 4.93. The van der Waals surface area contributed by atoms with Gasteiger partial charge in [0.2, 0.25) is 5.91 Å². The van der Waals surface area contributed by atoms with Crippen LogP contribution in [0.25, 0.3) is 0 Å². The number of amides is 3. The highest BCUT2D eigenvalue weighted by molar-refractivity contribution is 7.99. The van der Waals surface area contributed by atoms with Gasteiger partial charge in [-0.3, -0.25) is 4.79 Å². The number of carbonyl (C=O) groups is 2. The Morgan fingerprint density at radius 2 is 2.00 bits per heavy atom. The van der Waals surface area contributed by atoms with E-state index in [1.165, 1.54) is 0 Å². The van der Waals surface area contributed by atoms with Crippen molar-refractivity contribution in [2.24, 2.45) is 0 Å². The molecular weight excluding hydrogens is 286 g/mol. The van der Waals surface area contributed by atoms with Gasteiger partial charge in [-0.2, -0.15) is 11.8 Å². The van der Waals surface area contributed by atoms with Crippen molar-refractivity contribution < 1.29 is 9.59 Å². The Kier molecular flexibility index (Phi) is 4.05. The smallest absolute Gasteiger partial charge is 0.321 e. The summed E-state index contributed by atoms with van der Waals surface area (Å²) in [4.78, 5) is 28.5. The van der Waals surface area contributed by atoms with Crippen molar-refractivity contribution in [3.63, 3.8) is 0 Å². The number of rotatable bonds is 0. The van der Waals surface area contributed by atoms with Crippen LogP contribution >= 0.6 is 11.8 Å². The normalized spacial score (nSPS) is 22.3. The van der Waals surface area contributed by atoms with Crippen LogP contribution in [0.3, 0.4) is 0 Å². The molecule has 0 saturated carbocycles. The molecular formula is C15H19N3O2S. The number of para-hydroxylation sites is 1. The number of anilines is 1. The molecule has 1 fully saturated rings. The number of fused-ring (bicyclic) bond motifs is 1. The second-order valence-electron chi connectivity index (χ2n) is 5.33. The number of hydrogen-bond acceptors (Lipinski definition) is 3. The molecule has 0 radical (unpaired) electrons. The van der Waals surface area contributed by atoms with Crippen LogP contribution in [-0.4, -0.2) is 52.4 Å². The van der Waals surface area contributed by atoms with Crippen LogP contribution in [0.5, 0.6) is 0 Å². The molecule has 1 atom stereocenters. The van der Waals surface area contributed by atoms with Gasteiger partial charge in [-0.05, 0) is 18.6 Å². The second kappa shape index (κ2) is 5.97. The molecule has 0 aliphatic carbocycles. The Morgan fingerprint density at radius 3 is 2.76 bits per heavy atom. The van der Waals surface area contributed by atoms with E-state index in [1.807, 2.05) is 40.9 Å². The summed E-state index contributed by atoms with van der Waals surface area (Å²) < 4.78 is 0. The van der Waals surface area contributed by atoms with E-state index >= 15 is 0 Å². The lowest BCUT2D eigenvalue weighted by molar-refractivity contribution is -0.120. The molecule has 6 heteroatoms. The minimum Gasteiger partial charge on any atom is -0.324 e. The van der Waals surface area contributed by atoms with Crippen molar-refractivity contribution in [3.8, 4) is 0 Å². The number of benzene rings is 1. The molecule has 1 aromatic rings. The molecule has 2 heterocycles. The van der Waals surface area contributed by atoms with Crippen molar-refractivity contribution in [2.75, 3.05) is 29.9 Å². The topological polar surface area (TPSA) is 52.7 Å². The summed E-state index contributed by atoms with van der Waals surface area (Å²) in [6.07, 6.45) is 0. The lowest BCUT2D eigenvalue weighted by Gasteiger charge is -2.34. The van der Waals surface area contributed by atoms with Crippen LogP contribution in [0.4, 0.5) is 10.5 Å².